The first-order valence-corrected chi connectivity index (χ1v) is 7.38. The topological polar surface area (TPSA) is 75.1 Å². The number of aromatic nitrogens is 2. The van der Waals surface area contributed by atoms with Gasteiger partial charge in [-0.3, -0.25) is 4.79 Å². The number of hydrogen-bond acceptors (Lipinski definition) is 4. The average molecular weight is 298 g/mol. The number of nitrogens with zero attached hydrogens (tertiary/aromatic N) is 2. The van der Waals surface area contributed by atoms with Crippen LogP contribution in [0.4, 0.5) is 0 Å². The highest BCUT2D eigenvalue weighted by Crippen LogP contribution is 2.20. The number of rotatable bonds is 3. The molecule has 110 valence electrons. The Morgan fingerprint density at radius 3 is 2.80 bits per heavy atom. The maximum atomic E-state index is 12.3. The van der Waals surface area contributed by atoms with Gasteiger partial charge in [-0.15, -0.1) is 0 Å². The second-order valence-electron chi connectivity index (χ2n) is 5.51. The van der Waals surface area contributed by atoms with Gasteiger partial charge >= 0.3 is 0 Å². The molecule has 1 aliphatic carbocycles. The summed E-state index contributed by atoms with van der Waals surface area (Å²) in [6.45, 7) is 3.91. The molecule has 0 bridgehead atoms. The SMILES string of the molecule is CC(C)c1ncc(Cl)c(C(=O)N[C@@H]2CCCC[C@H]2O)n1. The third-order valence-corrected chi connectivity index (χ3v) is 3.82. The van der Waals surface area contributed by atoms with E-state index in [0.717, 1.165) is 25.7 Å². The molecule has 0 radical (unpaired) electrons. The Balaban J connectivity index is 2.14. The van der Waals surface area contributed by atoms with E-state index in [0.29, 0.717) is 5.82 Å². The van der Waals surface area contributed by atoms with Crippen molar-refractivity contribution in [2.45, 2.75) is 57.6 Å². The van der Waals surface area contributed by atoms with Crippen LogP contribution in [0.25, 0.3) is 0 Å². The van der Waals surface area contributed by atoms with E-state index in [-0.39, 0.29) is 28.6 Å². The number of amides is 1. The molecule has 20 heavy (non-hydrogen) atoms. The van der Waals surface area contributed by atoms with Crippen molar-refractivity contribution in [3.63, 3.8) is 0 Å². The number of hydrogen-bond donors (Lipinski definition) is 2. The number of halogens is 1. The van der Waals surface area contributed by atoms with Crippen molar-refractivity contribution in [2.24, 2.45) is 0 Å². The van der Waals surface area contributed by atoms with Gasteiger partial charge in [0, 0.05) is 5.92 Å². The lowest BCUT2D eigenvalue weighted by Crippen LogP contribution is -2.45. The van der Waals surface area contributed by atoms with E-state index < -0.39 is 6.10 Å². The molecule has 0 aromatic carbocycles. The maximum Gasteiger partial charge on any atom is 0.271 e. The predicted molar refractivity (Wildman–Crippen MR) is 76.9 cm³/mol. The van der Waals surface area contributed by atoms with Crippen molar-refractivity contribution in [2.75, 3.05) is 0 Å². The lowest BCUT2D eigenvalue weighted by atomic mass is 9.92. The highest BCUT2D eigenvalue weighted by atomic mass is 35.5. The lowest BCUT2D eigenvalue weighted by Gasteiger charge is -2.28. The first kappa shape index (κ1) is 15.2. The zero-order valence-electron chi connectivity index (χ0n) is 11.8. The molecule has 5 nitrogen and oxygen atoms in total. The van der Waals surface area contributed by atoms with Crippen LogP contribution in [0.3, 0.4) is 0 Å². The zero-order chi connectivity index (χ0) is 14.7. The van der Waals surface area contributed by atoms with E-state index in [2.05, 4.69) is 15.3 Å². The Morgan fingerprint density at radius 2 is 2.15 bits per heavy atom. The van der Waals surface area contributed by atoms with Gasteiger partial charge in [0.05, 0.1) is 23.4 Å². The van der Waals surface area contributed by atoms with Crippen molar-refractivity contribution in [1.29, 1.82) is 0 Å². The van der Waals surface area contributed by atoms with Crippen molar-refractivity contribution in [3.05, 3.63) is 22.7 Å². The second kappa shape index (κ2) is 6.50. The van der Waals surface area contributed by atoms with E-state index in [1.54, 1.807) is 0 Å². The minimum atomic E-state index is -0.488. The molecule has 1 saturated carbocycles. The van der Waals surface area contributed by atoms with Gasteiger partial charge in [0.15, 0.2) is 0 Å². The Kier molecular flexibility index (Phi) is 4.94. The van der Waals surface area contributed by atoms with Crippen LogP contribution in [-0.2, 0) is 0 Å². The molecule has 2 N–H and O–H groups in total. The standard InChI is InChI=1S/C14H20ClN3O2/c1-8(2)13-16-7-9(15)12(18-13)14(20)17-10-5-3-4-6-11(10)19/h7-8,10-11,19H,3-6H2,1-2H3,(H,17,20)/t10-,11-/m1/s1. The van der Waals surface area contributed by atoms with Crippen molar-refractivity contribution in [3.8, 4) is 0 Å². The normalized spacial score (nSPS) is 22.9. The van der Waals surface area contributed by atoms with E-state index >= 15 is 0 Å². The molecule has 0 saturated heterocycles. The predicted octanol–water partition coefficient (Wildman–Crippen LogP) is 2.29. The Labute approximate surface area is 123 Å². The minimum absolute atomic E-state index is 0.124. The van der Waals surface area contributed by atoms with Crippen molar-refractivity contribution < 1.29 is 9.90 Å². The second-order valence-corrected chi connectivity index (χ2v) is 5.92. The van der Waals surface area contributed by atoms with Gasteiger partial charge in [0.1, 0.15) is 11.5 Å². The molecule has 1 aliphatic rings. The summed E-state index contributed by atoms with van der Waals surface area (Å²) >= 11 is 6.00. The van der Waals surface area contributed by atoms with Crippen LogP contribution >= 0.6 is 11.6 Å². The van der Waals surface area contributed by atoms with E-state index in [4.69, 9.17) is 11.6 Å². The quantitative estimate of drug-likeness (QED) is 0.897. The first-order valence-electron chi connectivity index (χ1n) is 7.00. The van der Waals surface area contributed by atoms with Crippen LogP contribution in [0, 0.1) is 0 Å². The molecule has 0 unspecified atom stereocenters. The van der Waals surface area contributed by atoms with Crippen LogP contribution < -0.4 is 5.32 Å². The molecule has 2 atom stereocenters. The molecule has 1 aromatic heterocycles. The van der Waals surface area contributed by atoms with Gasteiger partial charge in [-0.2, -0.15) is 0 Å². The zero-order valence-corrected chi connectivity index (χ0v) is 12.5. The fraction of sp³-hybridized carbons (Fsp3) is 0.643. The molecular formula is C14H20ClN3O2. The molecule has 6 heteroatoms. The Hall–Kier alpha value is -1.20. The van der Waals surface area contributed by atoms with Crippen molar-refractivity contribution in [1.82, 2.24) is 15.3 Å². The van der Waals surface area contributed by atoms with Crippen LogP contribution in [0.1, 0.15) is 61.8 Å². The number of aliphatic hydroxyl groups is 1. The van der Waals surface area contributed by atoms with E-state index in [1.807, 2.05) is 13.8 Å². The lowest BCUT2D eigenvalue weighted by molar-refractivity contribution is 0.0713. The van der Waals surface area contributed by atoms with E-state index in [1.165, 1.54) is 6.20 Å². The minimum Gasteiger partial charge on any atom is -0.391 e. The summed E-state index contributed by atoms with van der Waals surface area (Å²) in [5.74, 6) is 0.369. The molecule has 2 rings (SSSR count). The molecule has 1 amide bonds. The summed E-state index contributed by atoms with van der Waals surface area (Å²) in [7, 11) is 0. The Bertz CT molecular complexity index is 493. The van der Waals surface area contributed by atoms with Crippen molar-refractivity contribution >= 4 is 17.5 Å². The summed E-state index contributed by atoms with van der Waals surface area (Å²) in [5, 5.41) is 13.0. The smallest absolute Gasteiger partial charge is 0.271 e. The number of aliphatic hydroxyl groups excluding tert-OH is 1. The average Bonchev–Trinajstić information content (AvgIpc) is 2.41. The first-order chi connectivity index (χ1) is 9.49. The summed E-state index contributed by atoms with van der Waals surface area (Å²) in [4.78, 5) is 20.6. The summed E-state index contributed by atoms with van der Waals surface area (Å²) in [5.41, 5.74) is 0.183. The highest BCUT2D eigenvalue weighted by Gasteiger charge is 2.26. The molecule has 1 fully saturated rings. The Morgan fingerprint density at radius 1 is 1.45 bits per heavy atom. The van der Waals surface area contributed by atoms with Gasteiger partial charge < -0.3 is 10.4 Å². The fourth-order valence-electron chi connectivity index (χ4n) is 2.33. The van der Waals surface area contributed by atoms with Crippen LogP contribution in [0.5, 0.6) is 0 Å². The van der Waals surface area contributed by atoms with Crippen LogP contribution in [-0.4, -0.2) is 33.1 Å². The molecule has 0 spiro atoms. The number of nitrogens with one attached hydrogen (secondary N) is 1. The molecular weight excluding hydrogens is 278 g/mol. The van der Waals surface area contributed by atoms with Gasteiger partial charge in [-0.25, -0.2) is 9.97 Å². The van der Waals surface area contributed by atoms with E-state index in [9.17, 15) is 9.90 Å². The number of carbonyl (C=O) groups excluding carboxylic acids is 1. The highest BCUT2D eigenvalue weighted by molar-refractivity contribution is 6.33. The van der Waals surface area contributed by atoms with Gasteiger partial charge in [0.2, 0.25) is 0 Å². The van der Waals surface area contributed by atoms with Gasteiger partial charge in [0.25, 0.3) is 5.91 Å². The fourth-order valence-corrected chi connectivity index (χ4v) is 2.51. The summed E-state index contributed by atoms with van der Waals surface area (Å²) < 4.78 is 0. The third-order valence-electron chi connectivity index (χ3n) is 3.54. The van der Waals surface area contributed by atoms with Gasteiger partial charge in [-0.05, 0) is 12.8 Å². The van der Waals surface area contributed by atoms with Crippen LogP contribution in [0.15, 0.2) is 6.20 Å². The van der Waals surface area contributed by atoms with Gasteiger partial charge in [-0.1, -0.05) is 38.3 Å². The summed E-state index contributed by atoms with van der Waals surface area (Å²) in [6.07, 6.45) is 4.48. The molecule has 0 aliphatic heterocycles. The maximum absolute atomic E-state index is 12.3. The molecule has 1 heterocycles. The van der Waals surface area contributed by atoms with Crippen LogP contribution in [0.2, 0.25) is 5.02 Å². The largest absolute Gasteiger partial charge is 0.391 e. The number of carbonyl (C=O) groups is 1. The third kappa shape index (κ3) is 3.46. The summed E-state index contributed by atoms with van der Waals surface area (Å²) in [6, 6.07) is -0.218. The monoisotopic (exact) mass is 297 g/mol. The molecule has 1 aromatic rings.